The summed E-state index contributed by atoms with van der Waals surface area (Å²) in [4.78, 5) is 14.7. The molecule has 1 spiro atoms. The van der Waals surface area contributed by atoms with Crippen LogP contribution in [0, 0.1) is 0 Å². The number of fused-ring (bicyclic) bond motifs is 3. The third-order valence-corrected chi connectivity index (χ3v) is 6.73. The van der Waals surface area contributed by atoms with Crippen LogP contribution in [0.1, 0.15) is 31.2 Å². The molecule has 3 unspecified atom stereocenters. The SMILES string of the molecule is O=C1C=C2C(c3cccc(Cl)c3Cl)=CC3CC2(O1)C1CCCCN31. The molecular weight excluding hydrogens is 345 g/mol. The molecule has 1 aliphatic carbocycles. The number of ether oxygens (including phenoxy) is 1. The van der Waals surface area contributed by atoms with Crippen LogP contribution in [0.5, 0.6) is 0 Å². The van der Waals surface area contributed by atoms with Gasteiger partial charge in [0.2, 0.25) is 0 Å². The summed E-state index contributed by atoms with van der Waals surface area (Å²) >= 11 is 12.7. The summed E-state index contributed by atoms with van der Waals surface area (Å²) in [5.41, 5.74) is 2.39. The highest BCUT2D eigenvalue weighted by molar-refractivity contribution is 6.43. The van der Waals surface area contributed by atoms with E-state index >= 15 is 0 Å². The van der Waals surface area contributed by atoms with Gasteiger partial charge in [0.25, 0.3) is 0 Å². The summed E-state index contributed by atoms with van der Waals surface area (Å²) in [6.07, 6.45) is 8.25. The number of rotatable bonds is 1. The second kappa shape index (κ2) is 5.10. The van der Waals surface area contributed by atoms with Crippen molar-refractivity contribution in [2.45, 2.75) is 43.4 Å². The molecule has 1 aromatic rings. The van der Waals surface area contributed by atoms with Crippen molar-refractivity contribution in [3.63, 3.8) is 0 Å². The number of carbonyl (C=O) groups is 1. The summed E-state index contributed by atoms with van der Waals surface area (Å²) < 4.78 is 5.94. The van der Waals surface area contributed by atoms with Gasteiger partial charge in [-0.25, -0.2) is 4.79 Å². The molecule has 5 heteroatoms. The lowest BCUT2D eigenvalue weighted by Gasteiger charge is -2.38. The highest BCUT2D eigenvalue weighted by Crippen LogP contribution is 2.56. The van der Waals surface area contributed by atoms with E-state index in [4.69, 9.17) is 27.9 Å². The van der Waals surface area contributed by atoms with Gasteiger partial charge in [-0.1, -0.05) is 47.8 Å². The van der Waals surface area contributed by atoms with Crippen molar-refractivity contribution in [1.29, 1.82) is 0 Å². The van der Waals surface area contributed by atoms with E-state index in [2.05, 4.69) is 11.0 Å². The molecule has 2 fully saturated rings. The maximum Gasteiger partial charge on any atom is 0.332 e. The number of nitrogens with zero attached hydrogens (tertiary/aromatic N) is 1. The molecule has 0 saturated carbocycles. The van der Waals surface area contributed by atoms with E-state index in [9.17, 15) is 4.79 Å². The standard InChI is InChI=1S/C19H17Cl2NO2/c20-15-5-3-4-12(18(15)21)13-8-11-10-19(14(13)9-17(23)24-19)16-6-1-2-7-22(11)16/h3-5,8-9,11,16H,1-2,6-7,10H2. The van der Waals surface area contributed by atoms with Crippen LogP contribution in [0.4, 0.5) is 0 Å². The summed E-state index contributed by atoms with van der Waals surface area (Å²) in [6, 6.07) is 6.24. The molecule has 1 aromatic carbocycles. The summed E-state index contributed by atoms with van der Waals surface area (Å²) in [7, 11) is 0. The Balaban J connectivity index is 1.71. The second-order valence-electron chi connectivity index (χ2n) is 7.07. The van der Waals surface area contributed by atoms with Crippen molar-refractivity contribution >= 4 is 34.7 Å². The average molecular weight is 362 g/mol. The quantitative estimate of drug-likeness (QED) is 0.700. The molecule has 4 aliphatic rings. The lowest BCUT2D eigenvalue weighted by atomic mass is 9.75. The molecule has 2 bridgehead atoms. The van der Waals surface area contributed by atoms with Crippen LogP contribution in [0.3, 0.4) is 0 Å². The highest BCUT2D eigenvalue weighted by atomic mass is 35.5. The lowest BCUT2D eigenvalue weighted by Crippen LogP contribution is -2.48. The zero-order valence-corrected chi connectivity index (χ0v) is 14.6. The fraction of sp³-hybridized carbons (Fsp3) is 0.421. The first-order valence-electron chi connectivity index (χ1n) is 8.48. The fourth-order valence-electron chi connectivity index (χ4n) is 5.01. The first kappa shape index (κ1) is 15.0. The molecule has 2 saturated heterocycles. The number of benzene rings is 1. The Kier molecular flexibility index (Phi) is 3.19. The van der Waals surface area contributed by atoms with Gasteiger partial charge in [-0.3, -0.25) is 4.90 Å². The Morgan fingerprint density at radius 1 is 1.25 bits per heavy atom. The predicted molar refractivity (Wildman–Crippen MR) is 94.1 cm³/mol. The predicted octanol–water partition coefficient (Wildman–Crippen LogP) is 4.24. The topological polar surface area (TPSA) is 29.5 Å². The summed E-state index contributed by atoms with van der Waals surface area (Å²) in [5, 5.41) is 1.07. The number of halogens is 2. The van der Waals surface area contributed by atoms with E-state index in [1.807, 2.05) is 12.1 Å². The molecule has 5 rings (SSSR count). The number of carbonyl (C=O) groups excluding carboxylic acids is 1. The van der Waals surface area contributed by atoms with E-state index in [0.717, 1.165) is 36.1 Å². The van der Waals surface area contributed by atoms with Crippen molar-refractivity contribution in [1.82, 2.24) is 4.90 Å². The van der Waals surface area contributed by atoms with Crippen molar-refractivity contribution in [2.24, 2.45) is 0 Å². The fourth-order valence-corrected chi connectivity index (χ4v) is 5.41. The number of esters is 1. The Labute approximate surface area is 150 Å². The van der Waals surface area contributed by atoms with Gasteiger partial charge in [-0.05, 0) is 31.0 Å². The van der Waals surface area contributed by atoms with Crippen LogP contribution in [0.2, 0.25) is 10.0 Å². The van der Waals surface area contributed by atoms with Gasteiger partial charge < -0.3 is 4.74 Å². The normalized spacial score (nSPS) is 34.3. The largest absolute Gasteiger partial charge is 0.449 e. The van der Waals surface area contributed by atoms with Crippen LogP contribution in [0.25, 0.3) is 5.57 Å². The molecule has 3 aliphatic heterocycles. The zero-order chi connectivity index (χ0) is 16.5. The van der Waals surface area contributed by atoms with Gasteiger partial charge in [0.05, 0.1) is 16.1 Å². The van der Waals surface area contributed by atoms with Crippen LogP contribution in [-0.2, 0) is 9.53 Å². The molecule has 3 nitrogen and oxygen atoms in total. The van der Waals surface area contributed by atoms with Gasteiger partial charge in [0.1, 0.15) is 0 Å². The maximum atomic E-state index is 12.2. The van der Waals surface area contributed by atoms with Gasteiger partial charge in [0, 0.05) is 29.7 Å². The molecule has 24 heavy (non-hydrogen) atoms. The third-order valence-electron chi connectivity index (χ3n) is 5.91. The molecule has 0 amide bonds. The highest BCUT2D eigenvalue weighted by Gasteiger charge is 2.61. The summed E-state index contributed by atoms with van der Waals surface area (Å²) in [6.45, 7) is 1.06. The molecule has 3 heterocycles. The van der Waals surface area contributed by atoms with Crippen LogP contribution < -0.4 is 0 Å². The Hall–Kier alpha value is -1.29. The molecule has 0 aromatic heterocycles. The molecule has 124 valence electrons. The van der Waals surface area contributed by atoms with Gasteiger partial charge in [-0.2, -0.15) is 0 Å². The van der Waals surface area contributed by atoms with E-state index in [1.54, 1.807) is 12.1 Å². The number of piperidine rings is 1. The first-order chi connectivity index (χ1) is 11.6. The number of hydrogen-bond acceptors (Lipinski definition) is 3. The first-order valence-corrected chi connectivity index (χ1v) is 9.23. The van der Waals surface area contributed by atoms with Crippen LogP contribution in [-0.4, -0.2) is 35.1 Å². The Morgan fingerprint density at radius 2 is 2.12 bits per heavy atom. The van der Waals surface area contributed by atoms with Gasteiger partial charge in [0.15, 0.2) is 5.60 Å². The second-order valence-corrected chi connectivity index (χ2v) is 7.86. The lowest BCUT2D eigenvalue weighted by molar-refractivity contribution is -0.148. The molecule has 0 N–H and O–H groups in total. The van der Waals surface area contributed by atoms with Gasteiger partial charge >= 0.3 is 5.97 Å². The Bertz CT molecular complexity index is 816. The van der Waals surface area contributed by atoms with Crippen molar-refractivity contribution in [3.05, 3.63) is 51.5 Å². The van der Waals surface area contributed by atoms with Crippen molar-refractivity contribution in [2.75, 3.05) is 6.54 Å². The van der Waals surface area contributed by atoms with E-state index in [-0.39, 0.29) is 12.0 Å². The summed E-state index contributed by atoms with van der Waals surface area (Å²) in [5.74, 6) is -0.234. The van der Waals surface area contributed by atoms with Crippen LogP contribution >= 0.6 is 23.2 Å². The minimum Gasteiger partial charge on any atom is -0.449 e. The molecule has 0 radical (unpaired) electrons. The van der Waals surface area contributed by atoms with Gasteiger partial charge in [-0.15, -0.1) is 0 Å². The monoisotopic (exact) mass is 361 g/mol. The Morgan fingerprint density at radius 3 is 3.00 bits per heavy atom. The molecule has 3 atom stereocenters. The van der Waals surface area contributed by atoms with Crippen molar-refractivity contribution < 1.29 is 9.53 Å². The maximum absolute atomic E-state index is 12.2. The smallest absolute Gasteiger partial charge is 0.332 e. The van der Waals surface area contributed by atoms with Crippen LogP contribution in [0.15, 0.2) is 35.9 Å². The minimum absolute atomic E-state index is 0.234. The third kappa shape index (κ3) is 1.86. The molecular formula is C19H17Cl2NO2. The van der Waals surface area contributed by atoms with E-state index in [1.165, 1.54) is 12.8 Å². The zero-order valence-electron chi connectivity index (χ0n) is 13.1. The minimum atomic E-state index is -0.502. The average Bonchev–Trinajstić information content (AvgIpc) is 3.05. The van der Waals surface area contributed by atoms with E-state index < -0.39 is 5.60 Å². The number of hydrogen-bond donors (Lipinski definition) is 0. The van der Waals surface area contributed by atoms with Crippen molar-refractivity contribution in [3.8, 4) is 0 Å². The van der Waals surface area contributed by atoms with E-state index in [0.29, 0.717) is 16.1 Å².